The van der Waals surface area contributed by atoms with Crippen molar-refractivity contribution in [3.63, 3.8) is 0 Å². The van der Waals surface area contributed by atoms with Gasteiger partial charge < -0.3 is 5.11 Å². The zero-order valence-corrected chi connectivity index (χ0v) is 11.7. The third-order valence-electron chi connectivity index (χ3n) is 2.90. The molecule has 0 fully saturated rings. The first-order valence-corrected chi connectivity index (χ1v) is 4.73. The van der Waals surface area contributed by atoms with Crippen LogP contribution in [0.4, 0.5) is 4.79 Å². The van der Waals surface area contributed by atoms with E-state index in [9.17, 15) is 14.7 Å². The maximum atomic E-state index is 11.7. The molecule has 16 heavy (non-hydrogen) atoms. The summed E-state index contributed by atoms with van der Waals surface area (Å²) >= 11 is 0. The Bertz CT molecular complexity index is 354. The summed E-state index contributed by atoms with van der Waals surface area (Å²) in [6.45, 7) is 6.98. The minimum absolute atomic E-state index is 0. The van der Waals surface area contributed by atoms with Gasteiger partial charge in [0.1, 0.15) is 0 Å². The summed E-state index contributed by atoms with van der Waals surface area (Å²) in [5, 5.41) is 13.7. The number of rotatable bonds is 3. The van der Waals surface area contributed by atoms with Crippen LogP contribution in [0.2, 0.25) is 0 Å². The molecule has 1 aliphatic rings. The summed E-state index contributed by atoms with van der Waals surface area (Å²) in [5.74, 6) is -1.61. The third kappa shape index (κ3) is 2.21. The number of carbonyl (C=O) groups is 2. The number of hydrogen-bond donors (Lipinski definition) is 1. The molecule has 0 radical (unpaired) electrons. The molecule has 1 rings (SSSR count). The van der Waals surface area contributed by atoms with Crippen LogP contribution in [0, 0.1) is 11.3 Å². The molecule has 0 aromatic carbocycles. The van der Waals surface area contributed by atoms with Gasteiger partial charge in [-0.25, -0.2) is 9.79 Å². The van der Waals surface area contributed by atoms with Crippen molar-refractivity contribution in [2.45, 2.75) is 20.3 Å². The van der Waals surface area contributed by atoms with Crippen LogP contribution < -0.4 is 40.0 Å². The predicted molar refractivity (Wildman–Crippen MR) is 53.1 cm³/mol. The van der Waals surface area contributed by atoms with Crippen molar-refractivity contribution in [1.82, 2.24) is 5.32 Å². The number of aliphatic imine (C=N–C) groups is 1. The molecule has 0 aromatic rings. The molecule has 1 N–H and O–H groups in total. The second-order valence-corrected chi connectivity index (χ2v) is 3.53. The molecule has 2 atom stereocenters. The zero-order valence-electron chi connectivity index (χ0n) is 9.74. The summed E-state index contributed by atoms with van der Waals surface area (Å²) in [4.78, 5) is 25.8. The summed E-state index contributed by atoms with van der Waals surface area (Å²) in [5.41, 5.74) is -1.27. The molecule has 3 amide bonds. The van der Waals surface area contributed by atoms with Gasteiger partial charge in [-0.1, -0.05) is 19.9 Å². The summed E-state index contributed by atoms with van der Waals surface area (Å²) in [6.07, 6.45) is 1.81. The van der Waals surface area contributed by atoms with Crippen LogP contribution in [-0.2, 0) is 4.79 Å². The maximum Gasteiger partial charge on any atom is 1.00 e. The van der Waals surface area contributed by atoms with E-state index in [0.29, 0.717) is 6.42 Å². The van der Waals surface area contributed by atoms with Gasteiger partial charge in [-0.15, -0.1) is 6.58 Å². The van der Waals surface area contributed by atoms with Gasteiger partial charge in [-0.3, -0.25) is 10.1 Å². The number of allylic oxidation sites excluding steroid dienone is 1. The zero-order chi connectivity index (χ0) is 11.6. The van der Waals surface area contributed by atoms with Crippen LogP contribution >= 0.6 is 0 Å². The Hall–Kier alpha value is -0.650. The van der Waals surface area contributed by atoms with Crippen molar-refractivity contribution in [2.24, 2.45) is 16.3 Å². The normalized spacial score (nSPS) is 26.2. The molecule has 82 valence electrons. The largest absolute Gasteiger partial charge is 1.00 e. The molecular weight excluding hydrogens is 219 g/mol. The van der Waals surface area contributed by atoms with Gasteiger partial charge in [0.05, 0.1) is 5.41 Å². The van der Waals surface area contributed by atoms with E-state index < -0.39 is 23.3 Å². The number of imide groups is 1. The number of nitrogens with zero attached hydrogens (tertiary/aromatic N) is 1. The molecule has 2 unspecified atom stereocenters. The van der Waals surface area contributed by atoms with Crippen molar-refractivity contribution >= 4 is 17.8 Å². The molecule has 1 heterocycles. The monoisotopic (exact) mass is 232 g/mol. The first kappa shape index (κ1) is 15.3. The Labute approximate surface area is 116 Å². The van der Waals surface area contributed by atoms with Gasteiger partial charge in [-0.2, -0.15) is 0 Å². The number of urea groups is 1. The van der Waals surface area contributed by atoms with Gasteiger partial charge in [0.25, 0.3) is 0 Å². The van der Waals surface area contributed by atoms with Gasteiger partial charge in [-0.05, 0) is 18.2 Å². The molecule has 5 nitrogen and oxygen atoms in total. The average molecular weight is 232 g/mol. The van der Waals surface area contributed by atoms with Crippen molar-refractivity contribution < 1.29 is 44.3 Å². The second-order valence-electron chi connectivity index (χ2n) is 3.53. The Morgan fingerprint density at radius 2 is 2.19 bits per heavy atom. The minimum atomic E-state index is -1.27. The Balaban J connectivity index is 0.00000225. The van der Waals surface area contributed by atoms with Gasteiger partial charge >= 0.3 is 35.6 Å². The van der Waals surface area contributed by atoms with Crippen molar-refractivity contribution in [1.29, 1.82) is 0 Å². The van der Waals surface area contributed by atoms with Crippen molar-refractivity contribution in [2.75, 3.05) is 0 Å². The van der Waals surface area contributed by atoms with E-state index in [4.69, 9.17) is 0 Å². The number of amides is 3. The molecule has 6 heteroatoms. The van der Waals surface area contributed by atoms with Gasteiger partial charge in [0.15, 0.2) is 0 Å². The summed E-state index contributed by atoms with van der Waals surface area (Å²) < 4.78 is 0. The van der Waals surface area contributed by atoms with Crippen molar-refractivity contribution in [3.8, 4) is 0 Å². The molecule has 0 aliphatic carbocycles. The molecule has 0 bridgehead atoms. The minimum Gasteiger partial charge on any atom is -0.861 e. The molecule has 0 spiro atoms. The van der Waals surface area contributed by atoms with Crippen LogP contribution in [0.15, 0.2) is 17.6 Å². The molecule has 0 saturated carbocycles. The Morgan fingerprint density at radius 1 is 1.62 bits per heavy atom. The van der Waals surface area contributed by atoms with E-state index in [1.54, 1.807) is 13.8 Å². The first-order chi connectivity index (χ1) is 6.98. The van der Waals surface area contributed by atoms with E-state index in [-0.39, 0.29) is 35.5 Å². The number of nitrogens with one attached hydrogen (secondary N) is 1. The predicted octanol–water partition coefficient (Wildman–Crippen LogP) is -2.78. The van der Waals surface area contributed by atoms with Crippen LogP contribution in [0.3, 0.4) is 0 Å². The molecule has 0 aromatic heterocycles. The average Bonchev–Trinajstić information content (AvgIpc) is 2.17. The van der Waals surface area contributed by atoms with Crippen LogP contribution in [0.1, 0.15) is 20.3 Å². The Morgan fingerprint density at radius 3 is 2.56 bits per heavy atom. The summed E-state index contributed by atoms with van der Waals surface area (Å²) in [6, 6.07) is -0.884. The van der Waals surface area contributed by atoms with E-state index in [1.165, 1.54) is 6.08 Å². The molecular formula is C10H13N2NaO3. The SMILES string of the molecule is C=CC(C)C1(CC)C(=O)NC(=O)N=C1[O-].[Na+]. The van der Waals surface area contributed by atoms with Crippen molar-refractivity contribution in [3.05, 3.63) is 12.7 Å². The Kier molecular flexibility index (Phi) is 5.38. The topological polar surface area (TPSA) is 81.6 Å². The fourth-order valence-electron chi connectivity index (χ4n) is 1.76. The van der Waals surface area contributed by atoms with E-state index >= 15 is 0 Å². The maximum absolute atomic E-state index is 11.7. The fraction of sp³-hybridized carbons (Fsp3) is 0.500. The van der Waals surface area contributed by atoms with E-state index in [0.717, 1.165) is 0 Å². The van der Waals surface area contributed by atoms with Crippen LogP contribution in [-0.4, -0.2) is 17.8 Å². The third-order valence-corrected chi connectivity index (χ3v) is 2.90. The second kappa shape index (κ2) is 5.61. The molecule has 0 saturated heterocycles. The fourth-order valence-corrected chi connectivity index (χ4v) is 1.76. The quantitative estimate of drug-likeness (QED) is 0.422. The van der Waals surface area contributed by atoms with E-state index in [1.807, 2.05) is 0 Å². The van der Waals surface area contributed by atoms with Gasteiger partial charge in [0, 0.05) is 0 Å². The number of carbonyl (C=O) groups excluding carboxylic acids is 2. The van der Waals surface area contributed by atoms with Gasteiger partial charge in [0.2, 0.25) is 5.91 Å². The standard InChI is InChI=1S/C10H14N2O3.Na/c1-4-6(3)10(5-2)7(13)11-9(15)12-8(10)14;/h4,6H,1,5H2,2-3H3,(H2,11,12,13,14,15);/q;+1/p-1. The smallest absolute Gasteiger partial charge is 0.861 e. The first-order valence-electron chi connectivity index (χ1n) is 4.73. The summed E-state index contributed by atoms with van der Waals surface area (Å²) in [7, 11) is 0. The van der Waals surface area contributed by atoms with E-state index in [2.05, 4.69) is 16.9 Å². The number of hydrogen-bond acceptors (Lipinski definition) is 3. The van der Waals surface area contributed by atoms with Crippen LogP contribution in [0.25, 0.3) is 0 Å². The molecule has 1 aliphatic heterocycles. The van der Waals surface area contributed by atoms with Crippen LogP contribution in [0.5, 0.6) is 0 Å².